The van der Waals surface area contributed by atoms with Crippen molar-refractivity contribution in [3.8, 4) is 5.75 Å². The number of nitrogens with one attached hydrogen (secondary N) is 2. The quantitative estimate of drug-likeness (QED) is 0.564. The predicted molar refractivity (Wildman–Crippen MR) is 116 cm³/mol. The molecular formula is C23H26N2O2S. The predicted octanol–water partition coefficient (Wildman–Crippen LogP) is 5.03. The number of anilines is 1. The van der Waals surface area contributed by atoms with Crippen molar-refractivity contribution < 1.29 is 9.53 Å². The topological polar surface area (TPSA) is 50.4 Å². The molecule has 0 fully saturated rings. The molecule has 1 amide bonds. The molecule has 0 radical (unpaired) electrons. The second kappa shape index (κ2) is 9.53. The third-order valence-corrected chi connectivity index (χ3v) is 5.66. The molecule has 3 rings (SSSR count). The lowest BCUT2D eigenvalue weighted by Gasteiger charge is -2.23. The molecule has 2 atom stereocenters. The number of hydrogen-bond donors (Lipinski definition) is 2. The Morgan fingerprint density at radius 2 is 1.82 bits per heavy atom. The zero-order valence-corrected chi connectivity index (χ0v) is 17.3. The van der Waals surface area contributed by atoms with Gasteiger partial charge in [0.2, 0.25) is 5.91 Å². The van der Waals surface area contributed by atoms with Crippen LogP contribution in [0.1, 0.15) is 35.9 Å². The first-order chi connectivity index (χ1) is 13.6. The zero-order valence-electron chi connectivity index (χ0n) is 16.4. The van der Waals surface area contributed by atoms with Crippen LogP contribution in [0.4, 0.5) is 5.69 Å². The Labute approximate surface area is 170 Å². The molecule has 0 bridgehead atoms. The van der Waals surface area contributed by atoms with Crippen molar-refractivity contribution in [2.24, 2.45) is 0 Å². The van der Waals surface area contributed by atoms with E-state index in [4.69, 9.17) is 4.74 Å². The third-order valence-electron chi connectivity index (χ3n) is 4.72. The van der Waals surface area contributed by atoms with Gasteiger partial charge in [0.1, 0.15) is 5.75 Å². The standard InChI is InChI=1S/C23H26N2O2S/c1-4-17-11-13-18(14-12-17)22(21-10-7-15-28-21)24-16(2)23(26)25-19-8-5-6-9-20(19)27-3/h5-16,22,24H,4H2,1-3H3,(H,25,26)/t16-,22-/m1/s1. The number of ether oxygens (including phenoxy) is 1. The molecule has 5 heteroatoms. The molecule has 146 valence electrons. The number of para-hydroxylation sites is 2. The van der Waals surface area contributed by atoms with Crippen molar-refractivity contribution in [3.63, 3.8) is 0 Å². The first kappa shape index (κ1) is 20.1. The molecule has 0 aliphatic rings. The van der Waals surface area contributed by atoms with Crippen LogP contribution in [0.3, 0.4) is 0 Å². The second-order valence-corrected chi connectivity index (χ2v) is 7.60. The number of hydrogen-bond acceptors (Lipinski definition) is 4. The van der Waals surface area contributed by atoms with Crippen molar-refractivity contribution in [1.29, 1.82) is 0 Å². The number of carbonyl (C=O) groups is 1. The fourth-order valence-electron chi connectivity index (χ4n) is 3.06. The van der Waals surface area contributed by atoms with Crippen LogP contribution in [0.25, 0.3) is 0 Å². The number of benzene rings is 2. The maximum atomic E-state index is 12.8. The fraction of sp³-hybridized carbons (Fsp3) is 0.261. The fourth-order valence-corrected chi connectivity index (χ4v) is 3.87. The van der Waals surface area contributed by atoms with Crippen molar-refractivity contribution >= 4 is 22.9 Å². The third kappa shape index (κ3) is 4.80. The smallest absolute Gasteiger partial charge is 0.241 e. The summed E-state index contributed by atoms with van der Waals surface area (Å²) < 4.78 is 5.32. The van der Waals surface area contributed by atoms with E-state index in [0.717, 1.165) is 12.0 Å². The van der Waals surface area contributed by atoms with Gasteiger partial charge in [-0.25, -0.2) is 0 Å². The normalized spacial score (nSPS) is 13.0. The van der Waals surface area contributed by atoms with Gasteiger partial charge < -0.3 is 10.1 Å². The monoisotopic (exact) mass is 394 g/mol. The molecule has 0 saturated carbocycles. The minimum Gasteiger partial charge on any atom is -0.495 e. The van der Waals surface area contributed by atoms with Gasteiger partial charge in [-0.2, -0.15) is 0 Å². The van der Waals surface area contributed by atoms with E-state index in [0.29, 0.717) is 11.4 Å². The zero-order chi connectivity index (χ0) is 19.9. The minimum absolute atomic E-state index is 0.0377. The molecule has 3 aromatic rings. The molecule has 0 spiro atoms. The Kier molecular flexibility index (Phi) is 6.85. The summed E-state index contributed by atoms with van der Waals surface area (Å²) in [7, 11) is 1.60. The largest absolute Gasteiger partial charge is 0.495 e. The van der Waals surface area contributed by atoms with Crippen LogP contribution in [-0.4, -0.2) is 19.1 Å². The summed E-state index contributed by atoms with van der Waals surface area (Å²) >= 11 is 1.69. The molecule has 4 nitrogen and oxygen atoms in total. The number of methoxy groups -OCH3 is 1. The van der Waals surface area contributed by atoms with Gasteiger partial charge >= 0.3 is 0 Å². The highest BCUT2D eigenvalue weighted by atomic mass is 32.1. The van der Waals surface area contributed by atoms with Crippen LogP contribution in [0.5, 0.6) is 5.75 Å². The highest BCUT2D eigenvalue weighted by molar-refractivity contribution is 7.10. The van der Waals surface area contributed by atoms with E-state index in [9.17, 15) is 4.79 Å². The average Bonchev–Trinajstić information content (AvgIpc) is 3.27. The molecule has 0 unspecified atom stereocenters. The number of aryl methyl sites for hydroxylation is 1. The molecule has 1 heterocycles. The minimum atomic E-state index is -0.386. The summed E-state index contributed by atoms with van der Waals surface area (Å²) in [5, 5.41) is 8.51. The van der Waals surface area contributed by atoms with Gasteiger partial charge in [0.15, 0.2) is 0 Å². The molecular weight excluding hydrogens is 368 g/mol. The van der Waals surface area contributed by atoms with Crippen molar-refractivity contribution in [3.05, 3.63) is 82.0 Å². The lowest BCUT2D eigenvalue weighted by Crippen LogP contribution is -2.40. The van der Waals surface area contributed by atoms with Crippen LogP contribution in [0.2, 0.25) is 0 Å². The highest BCUT2D eigenvalue weighted by Crippen LogP contribution is 2.28. The number of amides is 1. The number of rotatable bonds is 8. The molecule has 0 saturated heterocycles. The SMILES string of the molecule is CCc1ccc([C@@H](N[C@H](C)C(=O)Nc2ccccc2OC)c2cccs2)cc1. The summed E-state index contributed by atoms with van der Waals surface area (Å²) in [5.41, 5.74) is 3.12. The van der Waals surface area contributed by atoms with Gasteiger partial charge in [0.25, 0.3) is 0 Å². The van der Waals surface area contributed by atoms with Crippen LogP contribution in [0.15, 0.2) is 66.0 Å². The van der Waals surface area contributed by atoms with Crippen molar-refractivity contribution in [1.82, 2.24) is 5.32 Å². The van der Waals surface area contributed by atoms with Crippen LogP contribution in [0, 0.1) is 0 Å². The highest BCUT2D eigenvalue weighted by Gasteiger charge is 2.22. The van der Waals surface area contributed by atoms with Crippen LogP contribution >= 0.6 is 11.3 Å². The number of carbonyl (C=O) groups excluding carboxylic acids is 1. The molecule has 1 aromatic heterocycles. The summed E-state index contributed by atoms with van der Waals surface area (Å²) in [5.74, 6) is 0.546. The molecule has 0 aliphatic carbocycles. The first-order valence-electron chi connectivity index (χ1n) is 9.44. The Bertz CT molecular complexity index is 891. The maximum absolute atomic E-state index is 12.8. The lowest BCUT2D eigenvalue weighted by molar-refractivity contribution is -0.117. The van der Waals surface area contributed by atoms with Crippen molar-refractivity contribution in [2.75, 3.05) is 12.4 Å². The second-order valence-electron chi connectivity index (χ2n) is 6.62. The van der Waals surface area contributed by atoms with E-state index in [1.54, 1.807) is 18.4 Å². The molecule has 2 N–H and O–H groups in total. The van der Waals surface area contributed by atoms with Gasteiger partial charge in [-0.05, 0) is 48.1 Å². The average molecular weight is 395 g/mol. The van der Waals surface area contributed by atoms with E-state index < -0.39 is 0 Å². The van der Waals surface area contributed by atoms with E-state index in [-0.39, 0.29) is 18.0 Å². The van der Waals surface area contributed by atoms with E-state index in [1.807, 2.05) is 37.3 Å². The molecule has 0 aliphatic heterocycles. The Hall–Kier alpha value is -2.63. The Morgan fingerprint density at radius 3 is 2.46 bits per heavy atom. The van der Waals surface area contributed by atoms with Gasteiger partial charge in [0, 0.05) is 4.88 Å². The Balaban J connectivity index is 1.77. The number of thiophene rings is 1. The van der Waals surface area contributed by atoms with Gasteiger partial charge in [0.05, 0.1) is 24.9 Å². The van der Waals surface area contributed by atoms with Gasteiger partial charge in [-0.1, -0.05) is 49.4 Å². The Morgan fingerprint density at radius 1 is 1.07 bits per heavy atom. The summed E-state index contributed by atoms with van der Waals surface area (Å²) in [6, 6.07) is 19.7. The summed E-state index contributed by atoms with van der Waals surface area (Å²) in [6.07, 6.45) is 1.01. The van der Waals surface area contributed by atoms with E-state index in [1.165, 1.54) is 10.4 Å². The van der Waals surface area contributed by atoms with E-state index in [2.05, 4.69) is 53.3 Å². The van der Waals surface area contributed by atoms with Crippen LogP contribution < -0.4 is 15.4 Å². The van der Waals surface area contributed by atoms with E-state index >= 15 is 0 Å². The summed E-state index contributed by atoms with van der Waals surface area (Å²) in [4.78, 5) is 14.0. The summed E-state index contributed by atoms with van der Waals surface area (Å²) in [6.45, 7) is 4.03. The van der Waals surface area contributed by atoms with Gasteiger partial charge in [-0.15, -0.1) is 11.3 Å². The van der Waals surface area contributed by atoms with Gasteiger partial charge in [-0.3, -0.25) is 10.1 Å². The van der Waals surface area contributed by atoms with Crippen LogP contribution in [-0.2, 0) is 11.2 Å². The molecule has 28 heavy (non-hydrogen) atoms. The lowest BCUT2D eigenvalue weighted by atomic mass is 10.0. The van der Waals surface area contributed by atoms with Crippen molar-refractivity contribution in [2.45, 2.75) is 32.4 Å². The first-order valence-corrected chi connectivity index (χ1v) is 10.3. The maximum Gasteiger partial charge on any atom is 0.241 e. The molecule has 2 aromatic carbocycles.